The van der Waals surface area contributed by atoms with E-state index in [2.05, 4.69) is 118 Å². The van der Waals surface area contributed by atoms with Crippen molar-refractivity contribution in [3.8, 4) is 0 Å². The summed E-state index contributed by atoms with van der Waals surface area (Å²) in [5.74, 6) is -0.938. The molecule has 64 heavy (non-hydrogen) atoms. The highest BCUT2D eigenvalue weighted by atomic mass is 16.6. The summed E-state index contributed by atoms with van der Waals surface area (Å²) in [7, 11) is 0. The van der Waals surface area contributed by atoms with E-state index in [0.717, 1.165) is 141 Å². The summed E-state index contributed by atoms with van der Waals surface area (Å²) in [5, 5.41) is 0. The molecule has 0 saturated heterocycles. The predicted molar refractivity (Wildman–Crippen MR) is 274 cm³/mol. The molecule has 0 N–H and O–H groups in total. The second-order valence-corrected chi connectivity index (χ2v) is 17.0. The second-order valence-electron chi connectivity index (χ2n) is 17.0. The number of ether oxygens (including phenoxy) is 3. The molecule has 1 atom stereocenters. The van der Waals surface area contributed by atoms with Gasteiger partial charge < -0.3 is 14.2 Å². The topological polar surface area (TPSA) is 78.9 Å². The van der Waals surface area contributed by atoms with Crippen molar-refractivity contribution < 1.29 is 28.6 Å². The number of allylic oxidation sites excluding steroid dienone is 16. The maximum atomic E-state index is 12.8. The number of hydrogen-bond donors (Lipinski definition) is 0. The van der Waals surface area contributed by atoms with Crippen LogP contribution >= 0.6 is 0 Å². The third-order valence-electron chi connectivity index (χ3n) is 10.8. The number of unbranched alkanes of at least 4 members (excludes halogenated alkanes) is 20. The van der Waals surface area contributed by atoms with Gasteiger partial charge in [-0.3, -0.25) is 14.4 Å². The lowest BCUT2D eigenvalue weighted by Crippen LogP contribution is -2.30. The van der Waals surface area contributed by atoms with Crippen LogP contribution in [0.3, 0.4) is 0 Å². The first-order valence-corrected chi connectivity index (χ1v) is 26.3. The van der Waals surface area contributed by atoms with E-state index in [1.807, 2.05) is 0 Å². The fourth-order valence-corrected chi connectivity index (χ4v) is 6.93. The molecule has 364 valence electrons. The lowest BCUT2D eigenvalue weighted by molar-refractivity contribution is -0.167. The first-order valence-electron chi connectivity index (χ1n) is 26.3. The van der Waals surface area contributed by atoms with E-state index < -0.39 is 6.10 Å². The zero-order valence-corrected chi connectivity index (χ0v) is 41.5. The zero-order chi connectivity index (χ0) is 46.5. The average molecular weight is 889 g/mol. The Bertz CT molecular complexity index is 1300. The summed E-state index contributed by atoms with van der Waals surface area (Å²) < 4.78 is 16.8. The predicted octanol–water partition coefficient (Wildman–Crippen LogP) is 17.4. The van der Waals surface area contributed by atoms with Crippen LogP contribution in [0.25, 0.3) is 0 Å². The van der Waals surface area contributed by atoms with Gasteiger partial charge in [-0.25, -0.2) is 0 Å². The molecule has 0 bridgehead atoms. The fourth-order valence-electron chi connectivity index (χ4n) is 6.93. The molecule has 0 amide bonds. The molecule has 0 aliphatic heterocycles. The molecule has 0 aromatic rings. The molecule has 0 aromatic heterocycles. The summed E-state index contributed by atoms with van der Waals surface area (Å²) >= 11 is 0. The lowest BCUT2D eigenvalue weighted by Gasteiger charge is -2.18. The van der Waals surface area contributed by atoms with E-state index in [4.69, 9.17) is 14.2 Å². The summed E-state index contributed by atoms with van der Waals surface area (Å²) in [6, 6.07) is 0. The number of esters is 3. The van der Waals surface area contributed by atoms with Crippen LogP contribution in [0.2, 0.25) is 0 Å². The first kappa shape index (κ1) is 60.3. The molecule has 0 aliphatic rings. The maximum Gasteiger partial charge on any atom is 0.306 e. The normalized spacial score (nSPS) is 12.9. The van der Waals surface area contributed by atoms with Gasteiger partial charge in [0.15, 0.2) is 6.10 Å². The number of hydrogen-bond acceptors (Lipinski definition) is 6. The van der Waals surface area contributed by atoms with Crippen LogP contribution in [0, 0.1) is 0 Å². The third kappa shape index (κ3) is 49.3. The number of rotatable bonds is 46. The number of carbonyl (C=O) groups excluding carboxylic acids is 3. The Kier molecular flexibility index (Phi) is 49.0. The van der Waals surface area contributed by atoms with E-state index >= 15 is 0 Å². The van der Waals surface area contributed by atoms with E-state index in [1.54, 1.807) is 0 Å². The highest BCUT2D eigenvalue weighted by Crippen LogP contribution is 2.14. The van der Waals surface area contributed by atoms with Crippen LogP contribution in [0.1, 0.15) is 233 Å². The highest BCUT2D eigenvalue weighted by molar-refractivity contribution is 5.71. The van der Waals surface area contributed by atoms with Crippen molar-refractivity contribution in [2.75, 3.05) is 13.2 Å². The standard InChI is InChI=1S/C58H96O6/c1-4-7-10-13-16-19-22-25-27-28-29-30-32-33-36-39-42-45-48-51-57(60)63-54-55(53-62-56(59)50-47-44-41-38-35-24-21-18-15-12-9-6-3)64-58(61)52-49-46-43-40-37-34-31-26-23-20-17-14-11-8-5-2/h7,9-10,12,16-21,23,25-27,29-30,55H,4-6,8,11,13-15,22,24,28,31-54H2,1-3H3/b10-7-,12-9-,19-16-,20-17-,21-18-,26-23-,27-25-,30-29-. The second kappa shape index (κ2) is 52.0. The molecule has 0 saturated carbocycles. The third-order valence-corrected chi connectivity index (χ3v) is 10.8. The molecular weight excluding hydrogens is 793 g/mol. The van der Waals surface area contributed by atoms with Crippen LogP contribution in [0.15, 0.2) is 97.2 Å². The minimum Gasteiger partial charge on any atom is -0.462 e. The van der Waals surface area contributed by atoms with Crippen molar-refractivity contribution in [2.24, 2.45) is 0 Å². The monoisotopic (exact) mass is 889 g/mol. The van der Waals surface area contributed by atoms with Gasteiger partial charge >= 0.3 is 17.9 Å². The largest absolute Gasteiger partial charge is 0.462 e. The van der Waals surface area contributed by atoms with Crippen molar-refractivity contribution in [2.45, 2.75) is 239 Å². The van der Waals surface area contributed by atoms with Gasteiger partial charge in [-0.15, -0.1) is 0 Å². The summed E-state index contributed by atoms with van der Waals surface area (Å²) in [4.78, 5) is 38.0. The molecule has 0 fully saturated rings. The van der Waals surface area contributed by atoms with Gasteiger partial charge in [0, 0.05) is 19.3 Å². The Morgan fingerprint density at radius 2 is 0.656 bits per heavy atom. The van der Waals surface area contributed by atoms with Gasteiger partial charge in [0.05, 0.1) is 0 Å². The molecule has 0 spiro atoms. The molecule has 0 rings (SSSR count). The molecule has 0 radical (unpaired) electrons. The SMILES string of the molecule is CC/C=C\C/C=C\C/C=C\C/C=C\CCCCCCCCC(=O)OCC(COC(=O)CCCCCCC/C=C\C/C=C\CC)OC(=O)CCCCCCCC/C=C\C=C/CCCCC. The summed E-state index contributed by atoms with van der Waals surface area (Å²) in [5.41, 5.74) is 0. The maximum absolute atomic E-state index is 12.8. The molecule has 0 aliphatic carbocycles. The molecule has 0 heterocycles. The van der Waals surface area contributed by atoms with Crippen molar-refractivity contribution in [1.29, 1.82) is 0 Å². The zero-order valence-electron chi connectivity index (χ0n) is 41.5. The van der Waals surface area contributed by atoms with Gasteiger partial charge in [0.1, 0.15) is 13.2 Å². The van der Waals surface area contributed by atoms with Crippen molar-refractivity contribution >= 4 is 17.9 Å². The van der Waals surface area contributed by atoms with Gasteiger partial charge in [0.25, 0.3) is 0 Å². The Labute approximate surface area is 394 Å². The minimum atomic E-state index is -0.796. The Morgan fingerprint density at radius 3 is 1.05 bits per heavy atom. The summed E-state index contributed by atoms with van der Waals surface area (Å²) in [6.45, 7) is 6.34. The van der Waals surface area contributed by atoms with Crippen molar-refractivity contribution in [1.82, 2.24) is 0 Å². The quantitative estimate of drug-likeness (QED) is 0.0199. The van der Waals surface area contributed by atoms with Crippen molar-refractivity contribution in [3.63, 3.8) is 0 Å². The Morgan fingerprint density at radius 1 is 0.344 bits per heavy atom. The first-order chi connectivity index (χ1) is 31.5. The van der Waals surface area contributed by atoms with Crippen molar-refractivity contribution in [3.05, 3.63) is 97.2 Å². The van der Waals surface area contributed by atoms with Crippen LogP contribution in [-0.2, 0) is 28.6 Å². The molecule has 1 unspecified atom stereocenters. The van der Waals surface area contributed by atoms with Gasteiger partial charge in [-0.1, -0.05) is 201 Å². The summed E-state index contributed by atoms with van der Waals surface area (Å²) in [6.07, 6.45) is 68.2. The van der Waals surface area contributed by atoms with Gasteiger partial charge in [-0.2, -0.15) is 0 Å². The lowest BCUT2D eigenvalue weighted by atomic mass is 10.1. The molecular formula is C58H96O6. The molecule has 6 nitrogen and oxygen atoms in total. The molecule has 0 aromatic carbocycles. The van der Waals surface area contributed by atoms with Crippen LogP contribution in [-0.4, -0.2) is 37.2 Å². The minimum absolute atomic E-state index is 0.0956. The van der Waals surface area contributed by atoms with Crippen LogP contribution < -0.4 is 0 Å². The van der Waals surface area contributed by atoms with E-state index in [1.165, 1.54) is 51.4 Å². The average Bonchev–Trinajstić information content (AvgIpc) is 3.29. The van der Waals surface area contributed by atoms with E-state index in [-0.39, 0.29) is 31.1 Å². The van der Waals surface area contributed by atoms with Crippen LogP contribution in [0.4, 0.5) is 0 Å². The Hall–Kier alpha value is -3.67. The van der Waals surface area contributed by atoms with Gasteiger partial charge in [-0.05, 0) is 109 Å². The highest BCUT2D eigenvalue weighted by Gasteiger charge is 2.19. The Balaban J connectivity index is 4.43. The number of carbonyl (C=O) groups is 3. The molecule has 6 heteroatoms. The van der Waals surface area contributed by atoms with E-state index in [9.17, 15) is 14.4 Å². The van der Waals surface area contributed by atoms with E-state index in [0.29, 0.717) is 19.3 Å². The van der Waals surface area contributed by atoms with Crippen LogP contribution in [0.5, 0.6) is 0 Å². The fraction of sp³-hybridized carbons (Fsp3) is 0.672. The van der Waals surface area contributed by atoms with Gasteiger partial charge in [0.2, 0.25) is 0 Å². The smallest absolute Gasteiger partial charge is 0.306 e.